The molecule has 1 atom stereocenters. The van der Waals surface area contributed by atoms with E-state index in [1.807, 2.05) is 0 Å². The lowest BCUT2D eigenvalue weighted by Gasteiger charge is -2.34. The maximum atomic E-state index is 14.2. The van der Waals surface area contributed by atoms with Gasteiger partial charge in [-0.05, 0) is 67.6 Å². The first-order valence-corrected chi connectivity index (χ1v) is 8.81. The van der Waals surface area contributed by atoms with Gasteiger partial charge >= 0.3 is 0 Å². The van der Waals surface area contributed by atoms with Crippen LogP contribution in [0.5, 0.6) is 5.75 Å². The van der Waals surface area contributed by atoms with Gasteiger partial charge in [-0.2, -0.15) is 4.39 Å². The van der Waals surface area contributed by atoms with Crippen LogP contribution in [-0.2, 0) is 0 Å². The van der Waals surface area contributed by atoms with Crippen molar-refractivity contribution in [3.05, 3.63) is 35.4 Å². The minimum Gasteiger partial charge on any atom is -0.494 e. The highest BCUT2D eigenvalue weighted by Gasteiger charge is 2.28. The van der Waals surface area contributed by atoms with E-state index in [2.05, 4.69) is 13.0 Å². The van der Waals surface area contributed by atoms with Gasteiger partial charge in [-0.15, -0.1) is 0 Å². The molecule has 1 saturated carbocycles. The van der Waals surface area contributed by atoms with E-state index in [0.29, 0.717) is 5.56 Å². The van der Waals surface area contributed by atoms with Crippen molar-refractivity contribution >= 4 is 5.57 Å². The summed E-state index contributed by atoms with van der Waals surface area (Å²) in [7, 11) is 1.35. The molecule has 0 amide bonds. The van der Waals surface area contributed by atoms with Gasteiger partial charge in [0.1, 0.15) is 0 Å². The van der Waals surface area contributed by atoms with Gasteiger partial charge in [0.15, 0.2) is 11.6 Å². The summed E-state index contributed by atoms with van der Waals surface area (Å²) < 4.78 is 33.0. The molecule has 1 fully saturated rings. The Morgan fingerprint density at radius 1 is 0.957 bits per heavy atom. The largest absolute Gasteiger partial charge is 0.494 e. The molecule has 1 aromatic rings. The standard InChI is InChI=1S/C20H26F2O/c1-13-3-5-14(6-4-13)15-7-9-16(10-8-15)17-11-12-18(23-2)20(22)19(17)21/h9,11-15H,3-8,10H2,1-2H3/t13?,14?,15-/m1/s1. The molecule has 3 rings (SSSR count). The topological polar surface area (TPSA) is 9.23 Å². The molecule has 0 aliphatic heterocycles. The number of halogens is 2. The molecule has 1 aromatic carbocycles. The van der Waals surface area contributed by atoms with Crippen LogP contribution in [0.1, 0.15) is 57.4 Å². The molecule has 0 aromatic heterocycles. The van der Waals surface area contributed by atoms with Crippen LogP contribution in [0.3, 0.4) is 0 Å². The highest BCUT2D eigenvalue weighted by atomic mass is 19.2. The highest BCUT2D eigenvalue weighted by Crippen LogP contribution is 2.41. The fraction of sp³-hybridized carbons (Fsp3) is 0.600. The van der Waals surface area contributed by atoms with Crippen LogP contribution in [0.2, 0.25) is 0 Å². The number of methoxy groups -OCH3 is 1. The summed E-state index contributed by atoms with van der Waals surface area (Å²) in [4.78, 5) is 0. The van der Waals surface area contributed by atoms with Crippen molar-refractivity contribution in [3.8, 4) is 5.75 Å². The predicted octanol–water partition coefficient (Wildman–Crippen LogP) is 5.98. The van der Waals surface area contributed by atoms with Crippen LogP contribution < -0.4 is 4.74 Å². The number of hydrogen-bond donors (Lipinski definition) is 0. The number of allylic oxidation sites excluding steroid dienone is 2. The van der Waals surface area contributed by atoms with Crippen molar-refractivity contribution < 1.29 is 13.5 Å². The first-order chi connectivity index (χ1) is 11.1. The second kappa shape index (κ2) is 7.02. The Kier molecular flexibility index (Phi) is 5.03. The Morgan fingerprint density at radius 3 is 2.30 bits per heavy atom. The van der Waals surface area contributed by atoms with Gasteiger partial charge in [0, 0.05) is 5.56 Å². The van der Waals surface area contributed by atoms with E-state index in [1.54, 1.807) is 6.07 Å². The number of hydrogen-bond acceptors (Lipinski definition) is 1. The number of ether oxygens (including phenoxy) is 1. The van der Waals surface area contributed by atoms with Gasteiger partial charge in [0.25, 0.3) is 0 Å². The second-order valence-electron chi connectivity index (χ2n) is 7.23. The quantitative estimate of drug-likeness (QED) is 0.665. The molecule has 0 N–H and O–H groups in total. The van der Waals surface area contributed by atoms with Crippen molar-refractivity contribution in [1.82, 2.24) is 0 Å². The molecule has 23 heavy (non-hydrogen) atoms. The summed E-state index contributed by atoms with van der Waals surface area (Å²) >= 11 is 0. The SMILES string of the molecule is COc1ccc(C2=CC[C@@H](C3CCC(C)CC3)CC2)c(F)c1F. The average molecular weight is 320 g/mol. The van der Waals surface area contributed by atoms with Gasteiger partial charge in [-0.3, -0.25) is 0 Å². The molecular weight excluding hydrogens is 294 g/mol. The normalized spacial score (nSPS) is 28.3. The van der Waals surface area contributed by atoms with E-state index in [9.17, 15) is 8.78 Å². The maximum Gasteiger partial charge on any atom is 0.201 e. The van der Waals surface area contributed by atoms with Gasteiger partial charge < -0.3 is 4.74 Å². The minimum atomic E-state index is -0.880. The van der Waals surface area contributed by atoms with E-state index in [4.69, 9.17) is 4.74 Å². The van der Waals surface area contributed by atoms with Crippen LogP contribution >= 0.6 is 0 Å². The minimum absolute atomic E-state index is 0.0307. The van der Waals surface area contributed by atoms with E-state index >= 15 is 0 Å². The van der Waals surface area contributed by atoms with Gasteiger partial charge in [-0.25, -0.2) is 4.39 Å². The molecule has 0 bridgehead atoms. The molecule has 0 spiro atoms. The van der Waals surface area contributed by atoms with Crippen LogP contribution in [0.15, 0.2) is 18.2 Å². The lowest BCUT2D eigenvalue weighted by molar-refractivity contribution is 0.202. The Bertz CT molecular complexity index is 586. The molecule has 0 unspecified atom stereocenters. The average Bonchev–Trinajstić information content (AvgIpc) is 2.58. The van der Waals surface area contributed by atoms with Crippen LogP contribution in [0, 0.1) is 29.4 Å². The maximum absolute atomic E-state index is 14.2. The molecule has 0 heterocycles. The molecule has 2 aliphatic rings. The summed E-state index contributed by atoms with van der Waals surface area (Å²) in [5.74, 6) is 0.725. The van der Waals surface area contributed by atoms with Crippen LogP contribution in [0.25, 0.3) is 5.57 Å². The van der Waals surface area contributed by atoms with Gasteiger partial charge in [0.05, 0.1) is 7.11 Å². The summed E-state index contributed by atoms with van der Waals surface area (Å²) in [6.45, 7) is 2.34. The van der Waals surface area contributed by atoms with Crippen LogP contribution in [-0.4, -0.2) is 7.11 Å². The van der Waals surface area contributed by atoms with E-state index in [0.717, 1.165) is 42.6 Å². The Hall–Kier alpha value is -1.38. The first-order valence-electron chi connectivity index (χ1n) is 8.81. The zero-order valence-electron chi connectivity index (χ0n) is 14.1. The van der Waals surface area contributed by atoms with E-state index in [-0.39, 0.29) is 5.75 Å². The monoisotopic (exact) mass is 320 g/mol. The summed E-state index contributed by atoms with van der Waals surface area (Å²) in [5, 5.41) is 0. The van der Waals surface area contributed by atoms with E-state index in [1.165, 1.54) is 38.9 Å². The molecule has 2 aliphatic carbocycles. The number of rotatable bonds is 3. The zero-order valence-corrected chi connectivity index (χ0v) is 14.1. The first kappa shape index (κ1) is 16.5. The fourth-order valence-corrected chi connectivity index (χ4v) is 4.22. The fourth-order valence-electron chi connectivity index (χ4n) is 4.22. The lowest BCUT2D eigenvalue weighted by Crippen LogP contribution is -2.22. The zero-order chi connectivity index (χ0) is 16.4. The third-order valence-corrected chi connectivity index (χ3v) is 5.79. The Labute approximate surface area is 137 Å². The number of benzene rings is 1. The third-order valence-electron chi connectivity index (χ3n) is 5.79. The van der Waals surface area contributed by atoms with Gasteiger partial charge in [-0.1, -0.05) is 25.8 Å². The Morgan fingerprint density at radius 2 is 1.70 bits per heavy atom. The van der Waals surface area contributed by atoms with E-state index < -0.39 is 11.6 Å². The molecule has 0 radical (unpaired) electrons. The third kappa shape index (κ3) is 3.44. The lowest BCUT2D eigenvalue weighted by atomic mass is 9.71. The summed E-state index contributed by atoms with van der Waals surface area (Å²) in [5.41, 5.74) is 1.35. The smallest absolute Gasteiger partial charge is 0.201 e. The second-order valence-corrected chi connectivity index (χ2v) is 7.23. The van der Waals surface area contributed by atoms with Crippen molar-refractivity contribution in [2.45, 2.75) is 51.9 Å². The molecule has 126 valence electrons. The van der Waals surface area contributed by atoms with Crippen molar-refractivity contribution in [3.63, 3.8) is 0 Å². The summed E-state index contributed by atoms with van der Waals surface area (Å²) in [6, 6.07) is 3.16. The van der Waals surface area contributed by atoms with Crippen molar-refractivity contribution in [2.75, 3.05) is 7.11 Å². The molecule has 1 nitrogen and oxygen atoms in total. The summed E-state index contributed by atoms with van der Waals surface area (Å²) in [6.07, 6.45) is 10.4. The molecule has 3 heteroatoms. The molecular formula is C20H26F2O. The molecule has 0 saturated heterocycles. The van der Waals surface area contributed by atoms with Crippen molar-refractivity contribution in [1.29, 1.82) is 0 Å². The van der Waals surface area contributed by atoms with Crippen LogP contribution in [0.4, 0.5) is 8.78 Å². The Balaban J connectivity index is 1.71. The highest BCUT2D eigenvalue weighted by molar-refractivity contribution is 5.67. The predicted molar refractivity (Wildman–Crippen MR) is 89.4 cm³/mol. The van der Waals surface area contributed by atoms with Crippen molar-refractivity contribution in [2.24, 2.45) is 17.8 Å². The van der Waals surface area contributed by atoms with Gasteiger partial charge in [0.2, 0.25) is 5.82 Å².